The number of unbranched alkanes of at least 4 members (excludes halogenated alkanes) is 15. The number of phosphoric acid groups is 1. The molecule has 308 valence electrons. The molecule has 1 fully saturated rings. The quantitative estimate of drug-likeness (QED) is 0.0454. The van der Waals surface area contributed by atoms with Crippen molar-refractivity contribution in [3.63, 3.8) is 0 Å². The molecule has 0 aromatic carbocycles. The van der Waals surface area contributed by atoms with Gasteiger partial charge in [0, 0.05) is 19.2 Å². The van der Waals surface area contributed by atoms with Crippen LogP contribution < -0.4 is 5.73 Å². The molecule has 0 radical (unpaired) electrons. The highest BCUT2D eigenvalue weighted by molar-refractivity contribution is 7.47. The van der Waals surface area contributed by atoms with E-state index in [0.29, 0.717) is 23.4 Å². The summed E-state index contributed by atoms with van der Waals surface area (Å²) in [4.78, 5) is 18.6. The molecule has 1 saturated heterocycles. The number of phosphoric ester groups is 1. The van der Waals surface area contributed by atoms with Crippen molar-refractivity contribution in [2.24, 2.45) is 0 Å². The monoisotopic (exact) mass is 797 g/mol. The Balaban J connectivity index is 1.17. The minimum Gasteiger partial charge on any atom is -0.389 e. The third-order valence-corrected chi connectivity index (χ3v) is 11.0. The highest BCUT2D eigenvalue weighted by atomic mass is 31.2. The van der Waals surface area contributed by atoms with Crippen molar-refractivity contribution in [3.8, 4) is 12.1 Å². The number of aliphatic hydroxyl groups excluding tert-OH is 1. The van der Waals surface area contributed by atoms with E-state index in [0.717, 1.165) is 19.3 Å². The summed E-state index contributed by atoms with van der Waals surface area (Å²) >= 11 is 0. The summed E-state index contributed by atoms with van der Waals surface area (Å²) in [6, 6.07) is 10.6. The lowest BCUT2D eigenvalue weighted by molar-refractivity contribution is -0.0790. The Morgan fingerprint density at radius 1 is 0.946 bits per heavy atom. The smallest absolute Gasteiger partial charge is 0.389 e. The van der Waals surface area contributed by atoms with Gasteiger partial charge >= 0.3 is 7.82 Å². The van der Waals surface area contributed by atoms with Crippen LogP contribution >= 0.6 is 7.82 Å². The van der Waals surface area contributed by atoms with Crippen LogP contribution in [0.2, 0.25) is 0 Å². The predicted octanol–water partition coefficient (Wildman–Crippen LogP) is 7.66. The molecule has 3 aromatic heterocycles. The molecule has 1 aliphatic heterocycles. The average Bonchev–Trinajstić information content (AvgIpc) is 3.79. The normalized spacial score (nSPS) is 19.8. The Morgan fingerprint density at radius 2 is 1.61 bits per heavy atom. The Hall–Kier alpha value is -3.50. The Labute approximate surface area is 331 Å². The second-order valence-corrected chi connectivity index (χ2v) is 16.0. The summed E-state index contributed by atoms with van der Waals surface area (Å²) in [6.07, 6.45) is 20.4. The standard InChI is InChI=1S/C40H60N7O8P/c1-2-3-4-5-6-7-8-9-10-11-12-13-14-15-16-17-22-51-27-34(52-26-32-18-19-33(24-41)44-25-32)28-53-56(49,50)54-30-40(29-42)38(48)23-37(55-40)35-20-21-36-39(43)45-31-46-47(35)36/h18-21,25,31,34,37-38,48H,2-17,22-23,26-28,30H2,1H3,(H,49,50)(H2,43,45,46)/t34-,37-,38+,40-/m1/s1. The molecule has 0 amide bonds. The number of nitrogens with two attached hydrogens (primary N) is 1. The van der Waals surface area contributed by atoms with E-state index in [1.165, 1.54) is 101 Å². The Bertz CT molecular complexity index is 1720. The van der Waals surface area contributed by atoms with Crippen LogP contribution in [0.25, 0.3) is 5.52 Å². The molecular formula is C40H60N7O8P. The first kappa shape index (κ1) is 45.2. The lowest BCUT2D eigenvalue weighted by Crippen LogP contribution is -2.42. The molecule has 4 N–H and O–H groups in total. The van der Waals surface area contributed by atoms with Crippen molar-refractivity contribution >= 4 is 19.2 Å². The molecule has 5 atom stereocenters. The maximum atomic E-state index is 13.0. The summed E-state index contributed by atoms with van der Waals surface area (Å²) in [5.74, 6) is 0.250. The maximum absolute atomic E-state index is 13.0. The van der Waals surface area contributed by atoms with Gasteiger partial charge in [0.1, 0.15) is 54.6 Å². The minimum atomic E-state index is -4.76. The molecule has 15 nitrogen and oxygen atoms in total. The van der Waals surface area contributed by atoms with E-state index in [1.807, 2.05) is 12.1 Å². The van der Waals surface area contributed by atoms with Crippen molar-refractivity contribution < 1.29 is 37.8 Å². The van der Waals surface area contributed by atoms with Gasteiger partial charge in [-0.05, 0) is 30.2 Å². The van der Waals surface area contributed by atoms with E-state index in [4.69, 9.17) is 34.3 Å². The largest absolute Gasteiger partial charge is 0.472 e. The number of ether oxygens (including phenoxy) is 3. The van der Waals surface area contributed by atoms with Crippen LogP contribution in [0.5, 0.6) is 0 Å². The zero-order valence-electron chi connectivity index (χ0n) is 32.8. The number of hydrogen-bond donors (Lipinski definition) is 3. The summed E-state index contributed by atoms with van der Waals surface area (Å²) in [7, 11) is -4.76. The second-order valence-electron chi connectivity index (χ2n) is 14.6. The zero-order valence-corrected chi connectivity index (χ0v) is 33.7. The van der Waals surface area contributed by atoms with Crippen molar-refractivity contribution in [2.75, 3.05) is 32.2 Å². The number of nitrogens with zero attached hydrogens (tertiary/aromatic N) is 6. The van der Waals surface area contributed by atoms with E-state index < -0.39 is 38.3 Å². The third-order valence-electron chi connectivity index (χ3n) is 10.1. The highest BCUT2D eigenvalue weighted by Crippen LogP contribution is 2.47. The second kappa shape index (κ2) is 24.3. The lowest BCUT2D eigenvalue weighted by atomic mass is 9.99. The van der Waals surface area contributed by atoms with Gasteiger partial charge in [-0.3, -0.25) is 9.05 Å². The number of aliphatic hydroxyl groups is 1. The summed E-state index contributed by atoms with van der Waals surface area (Å²) in [5.41, 5.74) is 5.99. The third kappa shape index (κ3) is 14.8. The van der Waals surface area contributed by atoms with Gasteiger partial charge in [-0.2, -0.15) is 15.6 Å². The zero-order chi connectivity index (χ0) is 40.1. The molecule has 56 heavy (non-hydrogen) atoms. The fraction of sp³-hybridized carbons (Fsp3) is 0.675. The summed E-state index contributed by atoms with van der Waals surface area (Å²) in [5, 5.41) is 34.1. The minimum absolute atomic E-state index is 0.000382. The highest BCUT2D eigenvalue weighted by Gasteiger charge is 2.51. The average molecular weight is 798 g/mol. The first-order chi connectivity index (χ1) is 27.2. The topological polar surface area (TPSA) is 220 Å². The van der Waals surface area contributed by atoms with Crippen LogP contribution in [0.15, 0.2) is 36.8 Å². The summed E-state index contributed by atoms with van der Waals surface area (Å²) < 4.78 is 42.9. The number of hydrogen-bond acceptors (Lipinski definition) is 13. The molecule has 4 rings (SSSR count). The van der Waals surface area contributed by atoms with Crippen LogP contribution in [-0.2, 0) is 34.4 Å². The molecule has 0 spiro atoms. The van der Waals surface area contributed by atoms with E-state index in [-0.39, 0.29) is 37.8 Å². The van der Waals surface area contributed by atoms with Crippen LogP contribution in [0.4, 0.5) is 5.82 Å². The van der Waals surface area contributed by atoms with Crippen molar-refractivity contribution in [3.05, 3.63) is 53.7 Å². The molecule has 1 unspecified atom stereocenters. The molecular weight excluding hydrogens is 737 g/mol. The number of fused-ring (bicyclic) bond motifs is 1. The maximum Gasteiger partial charge on any atom is 0.472 e. The number of nitriles is 2. The van der Waals surface area contributed by atoms with E-state index >= 15 is 0 Å². The van der Waals surface area contributed by atoms with Gasteiger partial charge in [0.2, 0.25) is 5.60 Å². The Kier molecular flexibility index (Phi) is 19.6. The predicted molar refractivity (Wildman–Crippen MR) is 210 cm³/mol. The first-order valence-electron chi connectivity index (χ1n) is 20.2. The van der Waals surface area contributed by atoms with Gasteiger partial charge in [-0.1, -0.05) is 109 Å². The van der Waals surface area contributed by atoms with Gasteiger partial charge in [0.05, 0.1) is 25.5 Å². The molecule has 1 aliphatic rings. The first-order valence-corrected chi connectivity index (χ1v) is 21.7. The fourth-order valence-corrected chi connectivity index (χ4v) is 7.51. The van der Waals surface area contributed by atoms with E-state index in [2.05, 4.69) is 22.0 Å². The van der Waals surface area contributed by atoms with Gasteiger partial charge in [-0.15, -0.1) is 0 Å². The van der Waals surface area contributed by atoms with Gasteiger partial charge in [0.15, 0.2) is 5.82 Å². The number of anilines is 1. The van der Waals surface area contributed by atoms with Gasteiger partial charge < -0.3 is 29.9 Å². The number of rotatable bonds is 29. The summed E-state index contributed by atoms with van der Waals surface area (Å²) in [6.45, 7) is 1.84. The molecule has 0 saturated carbocycles. The molecule has 16 heteroatoms. The van der Waals surface area contributed by atoms with E-state index in [1.54, 1.807) is 24.3 Å². The molecule has 4 heterocycles. The molecule has 0 bridgehead atoms. The van der Waals surface area contributed by atoms with Crippen molar-refractivity contribution in [1.29, 1.82) is 10.5 Å². The van der Waals surface area contributed by atoms with Gasteiger partial charge in [0.25, 0.3) is 0 Å². The van der Waals surface area contributed by atoms with Crippen LogP contribution in [-0.4, -0.2) is 73.8 Å². The molecule has 0 aliphatic carbocycles. The lowest BCUT2D eigenvalue weighted by Gasteiger charge is -2.26. The SMILES string of the molecule is CCCCCCCCCCCCCCCCCCOC[C@H](COP(=O)(O)OC[C@@]1(C#N)O[C@@H](c2ccc3c(N)ncnn23)C[C@@H]1O)OCc1ccc(C#N)nc1. The number of aromatic nitrogens is 4. The number of nitrogen functional groups attached to an aromatic ring is 1. The van der Waals surface area contributed by atoms with Gasteiger partial charge in [-0.25, -0.2) is 19.0 Å². The fourth-order valence-electron chi connectivity index (χ4n) is 6.73. The van der Waals surface area contributed by atoms with Crippen molar-refractivity contribution in [1.82, 2.24) is 19.6 Å². The van der Waals surface area contributed by atoms with E-state index in [9.17, 15) is 19.8 Å². The van der Waals surface area contributed by atoms with Crippen molar-refractivity contribution in [2.45, 2.75) is 147 Å². The van der Waals surface area contributed by atoms with Crippen LogP contribution in [0.3, 0.4) is 0 Å². The van der Waals surface area contributed by atoms with Crippen LogP contribution in [0, 0.1) is 22.7 Å². The Morgan fingerprint density at radius 3 is 2.21 bits per heavy atom. The van der Waals surface area contributed by atoms with Crippen LogP contribution in [0.1, 0.15) is 139 Å². The number of pyridine rings is 1. The molecule has 3 aromatic rings.